The van der Waals surface area contributed by atoms with E-state index < -0.39 is 0 Å². The summed E-state index contributed by atoms with van der Waals surface area (Å²) in [5, 5.41) is 3.49. The van der Waals surface area contributed by atoms with Gasteiger partial charge >= 0.3 is 0 Å². The lowest BCUT2D eigenvalue weighted by atomic mass is 9.82. The summed E-state index contributed by atoms with van der Waals surface area (Å²) < 4.78 is 0. The first-order valence-electron chi connectivity index (χ1n) is 9.64. The van der Waals surface area contributed by atoms with Gasteiger partial charge in [-0.2, -0.15) is 0 Å². The number of nitrogens with one attached hydrogen (secondary N) is 1. The minimum absolute atomic E-state index is 0.0105. The van der Waals surface area contributed by atoms with Crippen LogP contribution in [-0.4, -0.2) is 0 Å². The van der Waals surface area contributed by atoms with Gasteiger partial charge in [-0.1, -0.05) is 80.6 Å². The van der Waals surface area contributed by atoms with E-state index in [1.807, 2.05) is 18.2 Å². The van der Waals surface area contributed by atoms with Gasteiger partial charge in [-0.15, -0.1) is 0 Å². The van der Waals surface area contributed by atoms with Crippen molar-refractivity contribution in [3.8, 4) is 22.3 Å². The zero-order valence-electron chi connectivity index (χ0n) is 16.1. The molecule has 0 spiro atoms. The maximum Gasteiger partial charge on any atom is 0.0901 e. The Morgan fingerprint density at radius 3 is 2.21 bits per heavy atom. The summed E-state index contributed by atoms with van der Waals surface area (Å²) in [5.74, 6) is 0. The van der Waals surface area contributed by atoms with Crippen molar-refractivity contribution in [2.24, 2.45) is 0 Å². The van der Waals surface area contributed by atoms with Crippen LogP contribution in [0.2, 0.25) is 0 Å². The van der Waals surface area contributed by atoms with Gasteiger partial charge in [0, 0.05) is 16.7 Å². The molecule has 1 N–H and O–H groups in total. The minimum atomic E-state index is 0.0105. The third-order valence-corrected chi connectivity index (χ3v) is 5.70. The molecule has 0 amide bonds. The second-order valence-corrected chi connectivity index (χ2v) is 7.83. The smallest absolute Gasteiger partial charge is 0.0901 e. The van der Waals surface area contributed by atoms with Gasteiger partial charge in [0.25, 0.3) is 0 Å². The summed E-state index contributed by atoms with van der Waals surface area (Å²) >= 11 is 0. The predicted octanol–water partition coefficient (Wildman–Crippen LogP) is 7.00. The maximum absolute atomic E-state index is 3.49. The minimum Gasteiger partial charge on any atom is -0.349 e. The Hall–Kier alpha value is -3.50. The van der Waals surface area contributed by atoms with Crippen LogP contribution in [0.5, 0.6) is 0 Å². The topological polar surface area (TPSA) is 12.0 Å². The lowest BCUT2D eigenvalue weighted by Gasteiger charge is -2.22. The lowest BCUT2D eigenvalue weighted by Crippen LogP contribution is -2.15. The monoisotopic (exact) mass is 359 g/mol. The highest BCUT2D eigenvalue weighted by Gasteiger charge is 2.35. The van der Waals surface area contributed by atoms with Crippen molar-refractivity contribution < 1.29 is 0 Å². The van der Waals surface area contributed by atoms with Gasteiger partial charge in [0.2, 0.25) is 0 Å². The number of hydrogen-bond donors (Lipinski definition) is 1. The average Bonchev–Trinajstić information content (AvgIpc) is 2.97. The molecular weight excluding hydrogens is 338 g/mol. The summed E-state index contributed by atoms with van der Waals surface area (Å²) in [7, 11) is 0. The van der Waals surface area contributed by atoms with Crippen LogP contribution in [-0.2, 0) is 5.41 Å². The third-order valence-electron chi connectivity index (χ3n) is 5.70. The van der Waals surface area contributed by atoms with Crippen LogP contribution in [0.1, 0.15) is 25.0 Å². The zero-order chi connectivity index (χ0) is 19.1. The van der Waals surface area contributed by atoms with Gasteiger partial charge < -0.3 is 5.32 Å². The molecule has 28 heavy (non-hydrogen) atoms. The Morgan fingerprint density at radius 2 is 1.43 bits per heavy atom. The van der Waals surface area contributed by atoms with Gasteiger partial charge in [-0.05, 0) is 58.1 Å². The molecule has 0 unspecified atom stereocenters. The van der Waals surface area contributed by atoms with Gasteiger partial charge in [0.05, 0.1) is 5.69 Å². The fraction of sp³-hybridized carbons (Fsp3) is 0.111. The molecule has 1 nitrogen and oxygen atoms in total. The Labute approximate surface area is 166 Å². The van der Waals surface area contributed by atoms with Crippen molar-refractivity contribution in [3.63, 3.8) is 0 Å². The van der Waals surface area contributed by atoms with E-state index in [0.29, 0.717) is 0 Å². The molecule has 0 saturated carbocycles. The summed E-state index contributed by atoms with van der Waals surface area (Å²) in [4.78, 5) is 0. The second-order valence-electron chi connectivity index (χ2n) is 7.83. The van der Waals surface area contributed by atoms with E-state index in [1.54, 1.807) is 0 Å². The molecule has 5 rings (SSSR count). The zero-order valence-corrected chi connectivity index (χ0v) is 16.1. The van der Waals surface area contributed by atoms with E-state index in [4.69, 9.17) is 0 Å². The van der Waals surface area contributed by atoms with Crippen LogP contribution in [0.4, 0.5) is 11.4 Å². The van der Waals surface area contributed by atoms with Crippen molar-refractivity contribution in [3.05, 3.63) is 108 Å². The Balaban J connectivity index is 1.44. The Morgan fingerprint density at radius 1 is 0.679 bits per heavy atom. The second kappa shape index (κ2) is 6.29. The molecule has 1 aliphatic carbocycles. The van der Waals surface area contributed by atoms with Crippen LogP contribution in [0.25, 0.3) is 22.3 Å². The predicted molar refractivity (Wildman–Crippen MR) is 117 cm³/mol. The summed E-state index contributed by atoms with van der Waals surface area (Å²) in [5.41, 5.74) is 9.67. The average molecular weight is 359 g/mol. The number of anilines is 2. The molecule has 0 saturated heterocycles. The third kappa shape index (κ3) is 2.66. The molecule has 0 bridgehead atoms. The molecule has 0 aliphatic heterocycles. The van der Waals surface area contributed by atoms with Crippen LogP contribution in [0.15, 0.2) is 84.9 Å². The van der Waals surface area contributed by atoms with Crippen molar-refractivity contribution in [2.75, 3.05) is 5.32 Å². The highest BCUT2D eigenvalue weighted by Crippen LogP contribution is 2.49. The van der Waals surface area contributed by atoms with Gasteiger partial charge in [0.15, 0.2) is 0 Å². The normalized spacial score (nSPS) is 13.4. The van der Waals surface area contributed by atoms with Crippen molar-refractivity contribution in [2.45, 2.75) is 19.3 Å². The molecule has 4 aromatic carbocycles. The largest absolute Gasteiger partial charge is 0.349 e. The first-order chi connectivity index (χ1) is 13.6. The number of benzene rings is 3. The van der Waals surface area contributed by atoms with E-state index in [2.05, 4.69) is 98.0 Å². The quantitative estimate of drug-likeness (QED) is 0.415. The van der Waals surface area contributed by atoms with Crippen molar-refractivity contribution in [1.82, 2.24) is 0 Å². The summed E-state index contributed by atoms with van der Waals surface area (Å²) in [6.45, 7) is 4.60. The van der Waals surface area contributed by atoms with Crippen LogP contribution in [0.3, 0.4) is 0 Å². The highest BCUT2D eigenvalue weighted by atomic mass is 14.9. The maximum atomic E-state index is 3.49. The fourth-order valence-corrected chi connectivity index (χ4v) is 4.18. The molecule has 0 aromatic heterocycles. The molecule has 134 valence electrons. The van der Waals surface area contributed by atoms with E-state index in [1.165, 1.54) is 22.3 Å². The molecule has 1 aliphatic rings. The molecular formula is C27H21N. The fourth-order valence-electron chi connectivity index (χ4n) is 4.18. The van der Waals surface area contributed by atoms with E-state index in [0.717, 1.165) is 22.5 Å². The molecule has 0 fully saturated rings. The SMILES string of the molecule is CC1(C)c2ccccc2-c2ccc(Nc3c#cc(-c4ccccc4)cc3)cc21. The highest BCUT2D eigenvalue weighted by molar-refractivity contribution is 5.82. The van der Waals surface area contributed by atoms with Gasteiger partial charge in [-0.3, -0.25) is 0 Å². The van der Waals surface area contributed by atoms with Crippen molar-refractivity contribution in [1.29, 1.82) is 0 Å². The number of fused-ring (bicyclic) bond motifs is 3. The Kier molecular flexibility index (Phi) is 3.74. The molecule has 0 radical (unpaired) electrons. The summed E-state index contributed by atoms with van der Waals surface area (Å²) in [6.07, 6.45) is 0. The molecule has 4 aromatic rings. The molecule has 0 heterocycles. The number of rotatable bonds is 3. The Bertz CT molecular complexity index is 1140. The van der Waals surface area contributed by atoms with Crippen molar-refractivity contribution >= 4 is 11.4 Å². The standard InChI is InChI=1S/C27H21N/c1-27(2)25-11-7-6-10-23(25)24-17-16-22(18-26(24)27)28-21-14-12-20(13-15-21)19-8-4-3-5-9-19/h3-12,14,16-18,28H,1-2H3. The molecule has 1 heteroatoms. The van der Waals surface area contributed by atoms with Crippen LogP contribution in [0, 0.1) is 12.1 Å². The molecule has 0 atom stereocenters. The van der Waals surface area contributed by atoms with Gasteiger partial charge in [0.1, 0.15) is 0 Å². The first kappa shape index (κ1) is 16.7. The number of hydrogen-bond acceptors (Lipinski definition) is 1. The first-order valence-corrected chi connectivity index (χ1v) is 9.64. The van der Waals surface area contributed by atoms with Crippen LogP contribution < -0.4 is 5.32 Å². The van der Waals surface area contributed by atoms with E-state index >= 15 is 0 Å². The van der Waals surface area contributed by atoms with E-state index in [9.17, 15) is 0 Å². The van der Waals surface area contributed by atoms with E-state index in [-0.39, 0.29) is 5.41 Å². The lowest BCUT2D eigenvalue weighted by molar-refractivity contribution is 0.660. The summed E-state index contributed by atoms with van der Waals surface area (Å²) in [6, 6.07) is 36.3. The van der Waals surface area contributed by atoms with Gasteiger partial charge in [-0.25, -0.2) is 0 Å². The van der Waals surface area contributed by atoms with Crippen LogP contribution >= 0.6 is 0 Å².